The number of carbonyl (C=O) groups excluding carboxylic acids is 1. The van der Waals surface area contributed by atoms with Crippen molar-refractivity contribution in [2.75, 3.05) is 5.32 Å². The SMILES string of the molecule is Cc1ccc(-c2cc(C(=O)Nc3ccc([N+](=O)[O-])cc3)c3ccccc3n2)s1. The van der Waals surface area contributed by atoms with Gasteiger partial charge >= 0.3 is 0 Å². The van der Waals surface area contributed by atoms with Crippen molar-refractivity contribution in [1.82, 2.24) is 4.98 Å². The van der Waals surface area contributed by atoms with E-state index in [2.05, 4.69) is 5.32 Å². The molecule has 2 aromatic carbocycles. The average molecular weight is 389 g/mol. The molecule has 1 N–H and O–H groups in total. The summed E-state index contributed by atoms with van der Waals surface area (Å²) >= 11 is 1.62. The van der Waals surface area contributed by atoms with Gasteiger partial charge in [-0.25, -0.2) is 4.98 Å². The molecule has 2 heterocycles. The van der Waals surface area contributed by atoms with Gasteiger partial charge in [0.1, 0.15) is 0 Å². The van der Waals surface area contributed by atoms with E-state index in [1.54, 1.807) is 17.4 Å². The fraction of sp³-hybridized carbons (Fsp3) is 0.0476. The van der Waals surface area contributed by atoms with Crippen molar-refractivity contribution in [3.8, 4) is 10.6 Å². The number of benzene rings is 2. The Labute approximate surface area is 164 Å². The Bertz CT molecular complexity index is 1200. The summed E-state index contributed by atoms with van der Waals surface area (Å²) in [4.78, 5) is 30.1. The number of non-ortho nitro benzene ring substituents is 1. The van der Waals surface area contributed by atoms with Crippen LogP contribution in [0, 0.1) is 17.0 Å². The molecule has 7 heteroatoms. The second-order valence-electron chi connectivity index (χ2n) is 6.24. The number of nitro groups is 1. The lowest BCUT2D eigenvalue weighted by molar-refractivity contribution is -0.384. The summed E-state index contributed by atoms with van der Waals surface area (Å²) in [6, 6.07) is 19.0. The summed E-state index contributed by atoms with van der Waals surface area (Å²) in [5.74, 6) is -0.290. The van der Waals surface area contributed by atoms with Crippen LogP contribution >= 0.6 is 11.3 Å². The van der Waals surface area contributed by atoms with Gasteiger partial charge in [0.2, 0.25) is 0 Å². The number of carbonyl (C=O) groups is 1. The molecule has 2 aromatic heterocycles. The molecular weight excluding hydrogens is 374 g/mol. The topological polar surface area (TPSA) is 85.1 Å². The number of aromatic nitrogens is 1. The predicted molar refractivity (Wildman–Crippen MR) is 111 cm³/mol. The van der Waals surface area contributed by atoms with Crippen LogP contribution in [0.3, 0.4) is 0 Å². The first kappa shape index (κ1) is 17.8. The van der Waals surface area contributed by atoms with E-state index >= 15 is 0 Å². The van der Waals surface area contributed by atoms with E-state index in [0.717, 1.165) is 21.5 Å². The van der Waals surface area contributed by atoms with Gasteiger partial charge < -0.3 is 5.32 Å². The molecule has 0 unspecified atom stereocenters. The van der Waals surface area contributed by atoms with Gasteiger partial charge in [0.15, 0.2) is 0 Å². The van der Waals surface area contributed by atoms with Crippen molar-refractivity contribution in [3.05, 3.63) is 87.3 Å². The predicted octanol–water partition coefficient (Wildman–Crippen LogP) is 5.43. The van der Waals surface area contributed by atoms with Crippen molar-refractivity contribution in [2.45, 2.75) is 6.92 Å². The maximum atomic E-state index is 13.0. The van der Waals surface area contributed by atoms with E-state index in [9.17, 15) is 14.9 Å². The third kappa shape index (κ3) is 3.47. The van der Waals surface area contributed by atoms with Gasteiger partial charge in [0.05, 0.1) is 26.6 Å². The standard InChI is InChI=1S/C21H15N3O3S/c1-13-6-11-20(28-13)19-12-17(16-4-2-3-5-18(16)23-19)21(25)22-14-7-9-15(10-8-14)24(26)27/h2-12H,1H3,(H,22,25). The molecular formula is C21H15N3O3S. The first-order valence-corrected chi connectivity index (χ1v) is 9.35. The number of nitrogens with zero attached hydrogens (tertiary/aromatic N) is 2. The number of rotatable bonds is 4. The first-order valence-electron chi connectivity index (χ1n) is 8.54. The molecule has 0 aliphatic carbocycles. The van der Waals surface area contributed by atoms with Crippen molar-refractivity contribution in [2.24, 2.45) is 0 Å². The first-order chi connectivity index (χ1) is 13.5. The number of nitro benzene ring substituents is 1. The molecule has 0 spiro atoms. The zero-order chi connectivity index (χ0) is 19.7. The number of nitrogens with one attached hydrogen (secondary N) is 1. The van der Waals surface area contributed by atoms with E-state index in [1.165, 1.54) is 29.1 Å². The fourth-order valence-electron chi connectivity index (χ4n) is 2.93. The lowest BCUT2D eigenvalue weighted by Crippen LogP contribution is -2.13. The number of fused-ring (bicyclic) bond motifs is 1. The highest BCUT2D eigenvalue weighted by molar-refractivity contribution is 7.15. The van der Waals surface area contributed by atoms with Crippen molar-refractivity contribution in [3.63, 3.8) is 0 Å². The third-order valence-electron chi connectivity index (χ3n) is 4.29. The molecule has 0 fully saturated rings. The Hall–Kier alpha value is -3.58. The van der Waals surface area contributed by atoms with Crippen LogP contribution in [0.4, 0.5) is 11.4 Å². The van der Waals surface area contributed by atoms with Crippen molar-refractivity contribution in [1.29, 1.82) is 0 Å². The van der Waals surface area contributed by atoms with Gasteiger partial charge in [-0.1, -0.05) is 18.2 Å². The second kappa shape index (κ2) is 7.21. The van der Waals surface area contributed by atoms with Gasteiger partial charge in [0, 0.05) is 28.1 Å². The summed E-state index contributed by atoms with van der Waals surface area (Å²) in [6.45, 7) is 2.03. The molecule has 0 bridgehead atoms. The minimum Gasteiger partial charge on any atom is -0.322 e. The third-order valence-corrected chi connectivity index (χ3v) is 5.31. The van der Waals surface area contributed by atoms with Gasteiger partial charge in [-0.15, -0.1) is 11.3 Å². The number of amides is 1. The highest BCUT2D eigenvalue weighted by atomic mass is 32.1. The molecule has 28 heavy (non-hydrogen) atoms. The largest absolute Gasteiger partial charge is 0.322 e. The summed E-state index contributed by atoms with van der Waals surface area (Å²) in [5.41, 5.74) is 2.45. The van der Waals surface area contributed by atoms with Crippen LogP contribution in [0.5, 0.6) is 0 Å². The van der Waals surface area contributed by atoms with Crippen LogP contribution in [-0.4, -0.2) is 15.8 Å². The number of aryl methyl sites for hydroxylation is 1. The summed E-state index contributed by atoms with van der Waals surface area (Å²) in [6.07, 6.45) is 0. The van der Waals surface area contributed by atoms with Crippen molar-refractivity contribution >= 4 is 39.5 Å². The Kier molecular flexibility index (Phi) is 4.58. The van der Waals surface area contributed by atoms with E-state index < -0.39 is 4.92 Å². The van der Waals surface area contributed by atoms with Crippen LogP contribution in [0.1, 0.15) is 15.2 Å². The monoisotopic (exact) mass is 389 g/mol. The second-order valence-corrected chi connectivity index (χ2v) is 7.53. The van der Waals surface area contributed by atoms with Crippen LogP contribution < -0.4 is 5.32 Å². The average Bonchev–Trinajstić information content (AvgIpc) is 3.14. The molecule has 0 atom stereocenters. The molecule has 0 aliphatic heterocycles. The van der Waals surface area contributed by atoms with Crippen molar-refractivity contribution < 1.29 is 9.72 Å². The quantitative estimate of drug-likeness (QED) is 0.372. The maximum Gasteiger partial charge on any atom is 0.269 e. The molecule has 138 valence electrons. The lowest BCUT2D eigenvalue weighted by atomic mass is 10.1. The number of pyridine rings is 1. The number of para-hydroxylation sites is 1. The Morgan fingerprint density at radius 2 is 1.82 bits per heavy atom. The summed E-state index contributed by atoms with van der Waals surface area (Å²) < 4.78 is 0. The highest BCUT2D eigenvalue weighted by Gasteiger charge is 2.15. The zero-order valence-electron chi connectivity index (χ0n) is 14.9. The van der Waals surface area contributed by atoms with Crippen LogP contribution in [-0.2, 0) is 0 Å². The lowest BCUT2D eigenvalue weighted by Gasteiger charge is -2.10. The smallest absolute Gasteiger partial charge is 0.269 e. The summed E-state index contributed by atoms with van der Waals surface area (Å²) in [5, 5.41) is 14.4. The van der Waals surface area contributed by atoms with Gasteiger partial charge in [-0.2, -0.15) is 0 Å². The number of thiophene rings is 1. The molecule has 0 saturated heterocycles. The van der Waals surface area contributed by atoms with Gasteiger partial charge in [-0.3, -0.25) is 14.9 Å². The van der Waals surface area contributed by atoms with Crippen LogP contribution in [0.15, 0.2) is 66.7 Å². The highest BCUT2D eigenvalue weighted by Crippen LogP contribution is 2.30. The Morgan fingerprint density at radius 3 is 2.50 bits per heavy atom. The number of hydrogen-bond acceptors (Lipinski definition) is 5. The van der Waals surface area contributed by atoms with Gasteiger partial charge in [-0.05, 0) is 43.3 Å². The van der Waals surface area contributed by atoms with E-state index in [1.807, 2.05) is 43.3 Å². The summed E-state index contributed by atoms with van der Waals surface area (Å²) in [7, 11) is 0. The fourth-order valence-corrected chi connectivity index (χ4v) is 3.75. The minimum absolute atomic E-state index is 0.0253. The normalized spacial score (nSPS) is 10.8. The molecule has 1 amide bonds. The molecule has 4 aromatic rings. The number of hydrogen-bond donors (Lipinski definition) is 1. The molecule has 0 radical (unpaired) electrons. The Morgan fingerprint density at radius 1 is 1.07 bits per heavy atom. The molecule has 6 nitrogen and oxygen atoms in total. The number of anilines is 1. The molecule has 4 rings (SSSR count). The van der Waals surface area contributed by atoms with E-state index in [4.69, 9.17) is 4.98 Å². The van der Waals surface area contributed by atoms with Crippen LogP contribution in [0.25, 0.3) is 21.5 Å². The van der Waals surface area contributed by atoms with Gasteiger partial charge in [0.25, 0.3) is 11.6 Å². The molecule has 0 aliphatic rings. The Balaban J connectivity index is 1.73. The minimum atomic E-state index is -0.475. The zero-order valence-corrected chi connectivity index (χ0v) is 15.7. The molecule has 0 saturated carbocycles. The van der Waals surface area contributed by atoms with Crippen LogP contribution in [0.2, 0.25) is 0 Å². The van der Waals surface area contributed by atoms with E-state index in [-0.39, 0.29) is 11.6 Å². The maximum absolute atomic E-state index is 13.0. The van der Waals surface area contributed by atoms with E-state index in [0.29, 0.717) is 11.3 Å².